The molecule has 0 amide bonds. The van der Waals surface area contributed by atoms with Gasteiger partial charge in [0.1, 0.15) is 0 Å². The lowest BCUT2D eigenvalue weighted by molar-refractivity contribution is 0.111. The summed E-state index contributed by atoms with van der Waals surface area (Å²) in [5, 5.41) is 9.35. The summed E-state index contributed by atoms with van der Waals surface area (Å²) in [7, 11) is 2.05. The monoisotopic (exact) mass is 216 g/mol. The van der Waals surface area contributed by atoms with Crippen LogP contribution in [0.5, 0.6) is 0 Å². The van der Waals surface area contributed by atoms with Crippen LogP contribution in [0.2, 0.25) is 0 Å². The average molecular weight is 216 g/mol. The van der Waals surface area contributed by atoms with E-state index in [9.17, 15) is 5.11 Å². The van der Waals surface area contributed by atoms with Gasteiger partial charge < -0.3 is 10.8 Å². The van der Waals surface area contributed by atoms with Crippen molar-refractivity contribution >= 4 is 0 Å². The van der Waals surface area contributed by atoms with Crippen LogP contribution in [-0.4, -0.2) is 42.3 Å². The first-order valence-corrected chi connectivity index (χ1v) is 6.11. The topological polar surface area (TPSA) is 49.5 Å². The molecule has 0 saturated heterocycles. The summed E-state index contributed by atoms with van der Waals surface area (Å²) in [4.78, 5) is 2.19. The number of nitrogens with two attached hydrogens (primary N) is 1. The smallest absolute Gasteiger partial charge is 0.0601 e. The molecule has 3 N–H and O–H groups in total. The Morgan fingerprint density at radius 2 is 1.87 bits per heavy atom. The largest absolute Gasteiger partial charge is 0.395 e. The predicted molar refractivity (Wildman–Crippen MR) is 65.8 cm³/mol. The fourth-order valence-electron chi connectivity index (χ4n) is 1.78. The van der Waals surface area contributed by atoms with Gasteiger partial charge in [-0.15, -0.1) is 0 Å². The fraction of sp³-hybridized carbons (Fsp3) is 1.00. The quantitative estimate of drug-likeness (QED) is 0.604. The second-order valence-corrected chi connectivity index (χ2v) is 4.76. The van der Waals surface area contributed by atoms with E-state index in [-0.39, 0.29) is 18.7 Å². The molecule has 0 aromatic heterocycles. The maximum Gasteiger partial charge on any atom is 0.0601 e. The Morgan fingerprint density at radius 3 is 2.27 bits per heavy atom. The van der Waals surface area contributed by atoms with Crippen molar-refractivity contribution in [2.45, 2.75) is 52.1 Å². The van der Waals surface area contributed by atoms with E-state index in [0.29, 0.717) is 5.92 Å². The molecular weight excluding hydrogens is 188 g/mol. The van der Waals surface area contributed by atoms with Crippen molar-refractivity contribution in [3.8, 4) is 0 Å². The van der Waals surface area contributed by atoms with E-state index >= 15 is 0 Å². The highest BCUT2D eigenvalue weighted by atomic mass is 16.3. The predicted octanol–water partition coefficient (Wildman–Crippen LogP) is 1.45. The molecule has 3 nitrogen and oxygen atoms in total. The molecule has 3 heteroatoms. The summed E-state index contributed by atoms with van der Waals surface area (Å²) in [6, 6.07) is 0.156. The third-order valence-electron chi connectivity index (χ3n) is 3.08. The first kappa shape index (κ1) is 14.9. The van der Waals surface area contributed by atoms with Crippen LogP contribution in [-0.2, 0) is 0 Å². The van der Waals surface area contributed by atoms with Gasteiger partial charge in [0.05, 0.1) is 6.61 Å². The van der Waals surface area contributed by atoms with Gasteiger partial charge in [0.15, 0.2) is 0 Å². The minimum atomic E-state index is 0.0571. The van der Waals surface area contributed by atoms with E-state index in [4.69, 9.17) is 5.73 Å². The average Bonchev–Trinajstić information content (AvgIpc) is 2.19. The molecule has 0 spiro atoms. The first-order valence-electron chi connectivity index (χ1n) is 6.11. The van der Waals surface area contributed by atoms with Crippen molar-refractivity contribution in [2.75, 3.05) is 20.2 Å². The highest BCUT2D eigenvalue weighted by molar-refractivity contribution is 4.82. The number of likely N-dealkylation sites (N-methyl/N-ethyl adjacent to an activating group) is 1. The zero-order chi connectivity index (χ0) is 11.8. The lowest BCUT2D eigenvalue weighted by Crippen LogP contribution is -2.51. The van der Waals surface area contributed by atoms with Crippen LogP contribution in [0.25, 0.3) is 0 Å². The molecule has 0 rings (SSSR count). The number of aliphatic hydroxyl groups excluding tert-OH is 1. The Balaban J connectivity index is 4.03. The number of hydrogen-bond acceptors (Lipinski definition) is 3. The third kappa shape index (κ3) is 5.50. The molecule has 0 fully saturated rings. The summed E-state index contributed by atoms with van der Waals surface area (Å²) in [5.41, 5.74) is 6.07. The van der Waals surface area contributed by atoms with Gasteiger partial charge in [-0.1, -0.05) is 33.6 Å². The molecule has 0 aromatic carbocycles. The zero-order valence-corrected chi connectivity index (χ0v) is 10.7. The maximum absolute atomic E-state index is 9.35. The molecule has 0 aliphatic rings. The zero-order valence-electron chi connectivity index (χ0n) is 10.7. The lowest BCUT2D eigenvalue weighted by Gasteiger charge is -2.33. The normalized spacial score (nSPS) is 16.0. The Bertz CT molecular complexity index is 151. The van der Waals surface area contributed by atoms with Crippen LogP contribution >= 0.6 is 0 Å². The van der Waals surface area contributed by atoms with Gasteiger partial charge >= 0.3 is 0 Å². The van der Waals surface area contributed by atoms with E-state index in [1.54, 1.807) is 0 Å². The van der Waals surface area contributed by atoms with Gasteiger partial charge in [0, 0.05) is 12.1 Å². The Hall–Kier alpha value is -0.120. The molecule has 0 aromatic rings. The molecule has 0 saturated carbocycles. The standard InChI is InChI=1S/C12H28N2O/c1-5-6-7-8-14(4)11(9-15)12(13)10(2)3/h10-12,15H,5-9,13H2,1-4H3. The molecular formula is C12H28N2O. The molecule has 0 radical (unpaired) electrons. The molecule has 15 heavy (non-hydrogen) atoms. The van der Waals surface area contributed by atoms with Crippen LogP contribution in [0.15, 0.2) is 0 Å². The van der Waals surface area contributed by atoms with Crippen molar-refractivity contribution in [2.24, 2.45) is 11.7 Å². The van der Waals surface area contributed by atoms with E-state index in [1.165, 1.54) is 19.3 Å². The molecule has 0 aliphatic carbocycles. The minimum absolute atomic E-state index is 0.0571. The van der Waals surface area contributed by atoms with E-state index in [2.05, 4.69) is 32.7 Å². The first-order chi connectivity index (χ1) is 7.04. The molecule has 2 atom stereocenters. The molecule has 0 aliphatic heterocycles. The van der Waals surface area contributed by atoms with Gasteiger partial charge in [-0.25, -0.2) is 0 Å². The van der Waals surface area contributed by atoms with Crippen molar-refractivity contribution in [3.05, 3.63) is 0 Å². The summed E-state index contributed by atoms with van der Waals surface area (Å²) in [6.07, 6.45) is 3.67. The Kier molecular flexibility index (Phi) is 8.02. The second-order valence-electron chi connectivity index (χ2n) is 4.76. The summed E-state index contributed by atoms with van der Waals surface area (Å²) in [6.45, 7) is 7.59. The molecule has 92 valence electrons. The van der Waals surface area contributed by atoms with Crippen LogP contribution in [0.3, 0.4) is 0 Å². The molecule has 2 unspecified atom stereocenters. The fourth-order valence-corrected chi connectivity index (χ4v) is 1.78. The summed E-state index contributed by atoms with van der Waals surface area (Å²) in [5.74, 6) is 0.413. The highest BCUT2D eigenvalue weighted by Crippen LogP contribution is 2.10. The van der Waals surface area contributed by atoms with E-state index < -0.39 is 0 Å². The van der Waals surface area contributed by atoms with Gasteiger partial charge in [0.25, 0.3) is 0 Å². The lowest BCUT2D eigenvalue weighted by atomic mass is 9.97. The van der Waals surface area contributed by atoms with Gasteiger partial charge in [0.2, 0.25) is 0 Å². The number of nitrogens with zero attached hydrogens (tertiary/aromatic N) is 1. The van der Waals surface area contributed by atoms with E-state index in [0.717, 1.165) is 6.54 Å². The van der Waals surface area contributed by atoms with Gasteiger partial charge in [-0.2, -0.15) is 0 Å². The maximum atomic E-state index is 9.35. The number of unbranched alkanes of at least 4 members (excludes halogenated alkanes) is 2. The molecule has 0 bridgehead atoms. The van der Waals surface area contributed by atoms with Gasteiger partial charge in [-0.3, -0.25) is 4.90 Å². The van der Waals surface area contributed by atoms with Crippen LogP contribution < -0.4 is 5.73 Å². The Labute approximate surface area is 94.6 Å². The Morgan fingerprint density at radius 1 is 1.27 bits per heavy atom. The summed E-state index contributed by atoms with van der Waals surface area (Å²) < 4.78 is 0. The van der Waals surface area contributed by atoms with Crippen LogP contribution in [0.4, 0.5) is 0 Å². The van der Waals surface area contributed by atoms with Crippen molar-refractivity contribution in [1.29, 1.82) is 0 Å². The van der Waals surface area contributed by atoms with Gasteiger partial charge in [-0.05, 0) is 25.9 Å². The molecule has 0 heterocycles. The van der Waals surface area contributed by atoms with Crippen LogP contribution in [0, 0.1) is 5.92 Å². The van der Waals surface area contributed by atoms with Crippen LogP contribution in [0.1, 0.15) is 40.0 Å². The van der Waals surface area contributed by atoms with Crippen molar-refractivity contribution < 1.29 is 5.11 Å². The SMILES string of the molecule is CCCCCN(C)C(CO)C(N)C(C)C. The number of rotatable bonds is 8. The van der Waals surface area contributed by atoms with E-state index in [1.807, 2.05) is 0 Å². The number of hydrogen-bond donors (Lipinski definition) is 2. The van der Waals surface area contributed by atoms with Crippen molar-refractivity contribution in [1.82, 2.24) is 4.90 Å². The second kappa shape index (κ2) is 8.08. The summed E-state index contributed by atoms with van der Waals surface area (Å²) >= 11 is 0. The number of aliphatic hydroxyl groups is 1. The third-order valence-corrected chi connectivity index (χ3v) is 3.08. The van der Waals surface area contributed by atoms with Crippen molar-refractivity contribution in [3.63, 3.8) is 0 Å². The highest BCUT2D eigenvalue weighted by Gasteiger charge is 2.23. The minimum Gasteiger partial charge on any atom is -0.395 e.